The molecule has 4 rings (SSSR count). The second-order valence-corrected chi connectivity index (χ2v) is 11.6. The number of hydrazine groups is 1. The van der Waals surface area contributed by atoms with Crippen molar-refractivity contribution in [3.63, 3.8) is 0 Å². The number of hydrogen-bond acceptors (Lipinski definition) is 9. The smallest absolute Gasteiger partial charge is 0.309 e. The number of carbonyl (C=O) groups is 2. The van der Waals surface area contributed by atoms with Crippen molar-refractivity contribution in [1.29, 1.82) is 0 Å². The van der Waals surface area contributed by atoms with Crippen molar-refractivity contribution in [1.82, 2.24) is 10.4 Å². The molecule has 0 bridgehead atoms. The maximum atomic E-state index is 13.0. The number of nitrogens with two attached hydrogens (primary N) is 1. The Morgan fingerprint density at radius 1 is 1.16 bits per heavy atom. The van der Waals surface area contributed by atoms with E-state index in [4.69, 9.17) is 16.7 Å². The zero-order chi connectivity index (χ0) is 27.4. The zero-order valence-electron chi connectivity index (χ0n) is 19.6. The van der Waals surface area contributed by atoms with Crippen LogP contribution in [0.25, 0.3) is 0 Å². The fourth-order valence-electron chi connectivity index (χ4n) is 5.59. The lowest BCUT2D eigenvalue weighted by molar-refractivity contribution is -0.174. The topological polar surface area (TPSA) is 211 Å². The van der Waals surface area contributed by atoms with Crippen LogP contribution in [-0.4, -0.2) is 81.3 Å². The van der Waals surface area contributed by atoms with Crippen LogP contribution < -0.4 is 10.6 Å². The fraction of sp³-hybridized carbons (Fsp3) is 0.478. The predicted octanol–water partition coefficient (Wildman–Crippen LogP) is -0.669. The number of carboxylic acids is 1. The standard InChI is InChI=1S/C23H28ClN3O9S/c1-9-6-11-14(27(9)26-22(32)10-2-3-13(24)17(7-10)37(25,35)36)4-5-15(28)18(11)12-8-16(29)20(30)21(31)19(12)23(33)34/h2-5,7,9,12,15-16,18-21,28-31H,6,8H2,1H3,(H,26,32)(H,33,34)(H2,25,35,36)/t9?,12?,15?,16-,18?,19-,20+,21+/m1/s1. The summed E-state index contributed by atoms with van der Waals surface area (Å²) in [5, 5.41) is 57.9. The van der Waals surface area contributed by atoms with E-state index in [1.54, 1.807) is 13.0 Å². The lowest BCUT2D eigenvalue weighted by atomic mass is 9.64. The van der Waals surface area contributed by atoms with E-state index in [1.165, 1.54) is 23.2 Å². The summed E-state index contributed by atoms with van der Waals surface area (Å²) in [6, 6.07) is 3.28. The zero-order valence-corrected chi connectivity index (χ0v) is 21.2. The number of aliphatic hydroxyl groups is 4. The maximum Gasteiger partial charge on any atom is 0.309 e. The Bertz CT molecular complexity index is 1280. The van der Waals surface area contributed by atoms with Crippen LogP contribution in [0.15, 0.2) is 46.5 Å². The largest absolute Gasteiger partial charge is 0.481 e. The summed E-state index contributed by atoms with van der Waals surface area (Å²) in [5.41, 5.74) is 3.80. The van der Waals surface area contributed by atoms with E-state index in [1.807, 2.05) is 0 Å². The van der Waals surface area contributed by atoms with E-state index in [9.17, 15) is 43.5 Å². The second-order valence-electron chi connectivity index (χ2n) is 9.65. The number of primary sulfonamides is 1. The number of amides is 1. The molecule has 202 valence electrons. The molecule has 0 spiro atoms. The SMILES string of the molecule is CC1CC2=C(C=CC(O)C2C2C[C@@H](O)[C@H](O)[C@@H](O)[C@@H]2C(=O)O)N1NC(=O)c1ccc(Cl)c(S(N)(=O)=O)c1. The number of halogens is 1. The summed E-state index contributed by atoms with van der Waals surface area (Å²) in [5.74, 6) is -5.19. The Morgan fingerprint density at radius 3 is 2.46 bits per heavy atom. The van der Waals surface area contributed by atoms with Gasteiger partial charge in [0.15, 0.2) is 0 Å². The third kappa shape index (κ3) is 5.00. The van der Waals surface area contributed by atoms with Crippen molar-refractivity contribution in [3.05, 3.63) is 52.2 Å². The van der Waals surface area contributed by atoms with Gasteiger partial charge >= 0.3 is 5.97 Å². The summed E-state index contributed by atoms with van der Waals surface area (Å²) < 4.78 is 23.6. The molecule has 37 heavy (non-hydrogen) atoms. The van der Waals surface area contributed by atoms with Crippen LogP contribution >= 0.6 is 11.6 Å². The Kier molecular flexibility index (Phi) is 7.42. The summed E-state index contributed by atoms with van der Waals surface area (Å²) >= 11 is 5.90. The molecule has 1 fully saturated rings. The lowest BCUT2D eigenvalue weighted by Crippen LogP contribution is -2.56. The van der Waals surface area contributed by atoms with Crippen LogP contribution in [0.4, 0.5) is 0 Å². The number of nitrogens with one attached hydrogen (secondary N) is 1. The molecule has 8 N–H and O–H groups in total. The molecule has 0 radical (unpaired) electrons. The number of hydrogen-bond donors (Lipinski definition) is 7. The summed E-state index contributed by atoms with van der Waals surface area (Å²) in [6.07, 6.45) is -2.71. The highest BCUT2D eigenvalue weighted by molar-refractivity contribution is 7.89. The summed E-state index contributed by atoms with van der Waals surface area (Å²) in [7, 11) is -4.18. The van der Waals surface area contributed by atoms with Crippen LogP contribution in [0.3, 0.4) is 0 Å². The third-order valence-corrected chi connectivity index (χ3v) is 8.71. The van der Waals surface area contributed by atoms with Gasteiger partial charge in [0.05, 0.1) is 41.0 Å². The molecule has 8 atom stereocenters. The minimum absolute atomic E-state index is 0.0236. The van der Waals surface area contributed by atoms with Gasteiger partial charge in [-0.1, -0.05) is 17.7 Å². The van der Waals surface area contributed by atoms with E-state index in [0.29, 0.717) is 17.7 Å². The molecule has 12 nitrogen and oxygen atoms in total. The molecule has 2 aliphatic carbocycles. The molecule has 3 aliphatic rings. The molecule has 1 amide bonds. The quantitative estimate of drug-likeness (QED) is 0.242. The first-order chi connectivity index (χ1) is 17.2. The molecule has 1 saturated carbocycles. The van der Waals surface area contributed by atoms with Crippen LogP contribution in [0.5, 0.6) is 0 Å². The number of nitrogens with zero attached hydrogens (tertiary/aromatic N) is 1. The maximum absolute atomic E-state index is 13.0. The van der Waals surface area contributed by atoms with Gasteiger partial charge < -0.3 is 25.5 Å². The van der Waals surface area contributed by atoms with Gasteiger partial charge in [-0.2, -0.15) is 0 Å². The van der Waals surface area contributed by atoms with E-state index < -0.39 is 69.0 Å². The summed E-state index contributed by atoms with van der Waals surface area (Å²) in [6.45, 7) is 1.79. The average Bonchev–Trinajstić information content (AvgIpc) is 3.11. The van der Waals surface area contributed by atoms with Gasteiger partial charge in [-0.25, -0.2) is 13.6 Å². The molecular weight excluding hydrogens is 530 g/mol. The first kappa shape index (κ1) is 27.5. The van der Waals surface area contributed by atoms with Crippen molar-refractivity contribution >= 4 is 33.5 Å². The van der Waals surface area contributed by atoms with Crippen LogP contribution in [-0.2, 0) is 14.8 Å². The van der Waals surface area contributed by atoms with Crippen molar-refractivity contribution in [3.8, 4) is 0 Å². The van der Waals surface area contributed by atoms with Crippen molar-refractivity contribution in [2.75, 3.05) is 0 Å². The average molecular weight is 558 g/mol. The molecule has 1 aromatic rings. The highest BCUT2D eigenvalue weighted by Crippen LogP contribution is 2.47. The highest BCUT2D eigenvalue weighted by Gasteiger charge is 2.52. The van der Waals surface area contributed by atoms with Gasteiger partial charge in [0.1, 0.15) is 11.0 Å². The lowest BCUT2D eigenvalue weighted by Gasteiger charge is -2.44. The molecule has 0 saturated heterocycles. The Labute approximate surface area is 217 Å². The van der Waals surface area contributed by atoms with E-state index >= 15 is 0 Å². The number of allylic oxidation sites excluding steroid dienone is 1. The number of aliphatic hydroxyl groups excluding tert-OH is 4. The molecular formula is C23H28ClN3O9S. The van der Waals surface area contributed by atoms with Gasteiger partial charge in [0.2, 0.25) is 10.0 Å². The fourth-order valence-corrected chi connectivity index (χ4v) is 6.66. The minimum Gasteiger partial charge on any atom is -0.481 e. The first-order valence-corrected chi connectivity index (χ1v) is 13.4. The van der Waals surface area contributed by atoms with Crippen molar-refractivity contribution in [2.24, 2.45) is 22.9 Å². The number of benzene rings is 1. The normalized spacial score (nSPS) is 33.9. The minimum atomic E-state index is -4.18. The number of carboxylic acid groups (broad SMARTS) is 1. The van der Waals surface area contributed by atoms with Gasteiger partial charge in [0.25, 0.3) is 5.91 Å². The number of carbonyl (C=O) groups excluding carboxylic acids is 1. The van der Waals surface area contributed by atoms with Crippen LogP contribution in [0, 0.1) is 17.8 Å². The monoisotopic (exact) mass is 557 g/mol. The number of aliphatic carboxylic acids is 1. The number of rotatable bonds is 5. The number of sulfonamides is 1. The van der Waals surface area contributed by atoms with E-state index in [2.05, 4.69) is 5.43 Å². The molecule has 1 aromatic carbocycles. The molecule has 0 aromatic heterocycles. The van der Waals surface area contributed by atoms with Crippen molar-refractivity contribution in [2.45, 2.75) is 55.1 Å². The Morgan fingerprint density at radius 2 is 1.84 bits per heavy atom. The van der Waals surface area contributed by atoms with Gasteiger partial charge in [-0.05, 0) is 55.5 Å². The van der Waals surface area contributed by atoms with E-state index in [-0.39, 0.29) is 23.0 Å². The van der Waals surface area contributed by atoms with Gasteiger partial charge in [-0.15, -0.1) is 0 Å². The molecule has 14 heteroatoms. The van der Waals surface area contributed by atoms with Crippen molar-refractivity contribution < 1.29 is 43.5 Å². The van der Waals surface area contributed by atoms with E-state index in [0.717, 1.165) is 6.07 Å². The molecule has 1 aliphatic heterocycles. The van der Waals surface area contributed by atoms with Gasteiger partial charge in [0, 0.05) is 11.5 Å². The molecule has 1 heterocycles. The predicted molar refractivity (Wildman–Crippen MR) is 129 cm³/mol. The summed E-state index contributed by atoms with van der Waals surface area (Å²) in [4.78, 5) is 24.6. The first-order valence-electron chi connectivity index (χ1n) is 11.5. The Balaban J connectivity index is 1.66. The van der Waals surface area contributed by atoms with Gasteiger partial charge in [-0.3, -0.25) is 20.0 Å². The van der Waals surface area contributed by atoms with Crippen LogP contribution in [0.1, 0.15) is 30.1 Å². The third-order valence-electron chi connectivity index (χ3n) is 7.32. The molecule has 4 unspecified atom stereocenters. The van der Waals surface area contributed by atoms with Crippen LogP contribution in [0.2, 0.25) is 5.02 Å². The second kappa shape index (κ2) is 9.98. The Hall–Kier alpha value is -2.52. The highest BCUT2D eigenvalue weighted by atomic mass is 35.5.